The lowest BCUT2D eigenvalue weighted by Crippen LogP contribution is -2.46. The number of thioether (sulfide) groups is 1. The molecular weight excluding hydrogens is 266 g/mol. The summed E-state index contributed by atoms with van der Waals surface area (Å²) in [5, 5.41) is 11.6. The van der Waals surface area contributed by atoms with Gasteiger partial charge < -0.3 is 10.4 Å². The zero-order valence-electron chi connectivity index (χ0n) is 10.7. The molecule has 0 saturated carbocycles. The highest BCUT2D eigenvalue weighted by atomic mass is 32.2. The Morgan fingerprint density at radius 2 is 2.26 bits per heavy atom. The molecule has 2 amide bonds. The number of rotatable bonds is 2. The lowest BCUT2D eigenvalue weighted by atomic mass is 10.3. The number of aryl methyl sites for hydroxylation is 1. The Kier molecular flexibility index (Phi) is 3.94. The zero-order valence-corrected chi connectivity index (χ0v) is 11.5. The number of hydrogen-bond donors (Lipinski definition) is 2. The van der Waals surface area contributed by atoms with Crippen molar-refractivity contribution in [2.24, 2.45) is 0 Å². The number of hydrogen-bond acceptors (Lipinski definition) is 4. The Morgan fingerprint density at radius 1 is 1.53 bits per heavy atom. The quantitative estimate of drug-likeness (QED) is 0.863. The maximum atomic E-state index is 12.1. The fourth-order valence-corrected chi connectivity index (χ4v) is 3.04. The van der Waals surface area contributed by atoms with Crippen molar-refractivity contribution in [3.05, 3.63) is 24.0 Å². The molecule has 0 spiro atoms. The third-order valence-corrected chi connectivity index (χ3v) is 4.12. The second kappa shape index (κ2) is 5.48. The number of carbonyl (C=O) groups excluding carboxylic acids is 1. The van der Waals surface area contributed by atoms with Crippen LogP contribution in [0.5, 0.6) is 0 Å². The van der Waals surface area contributed by atoms with Gasteiger partial charge in [-0.2, -0.15) is 0 Å². The molecular formula is C12H15N3O3S. The summed E-state index contributed by atoms with van der Waals surface area (Å²) in [5.74, 6) is -0.565. The summed E-state index contributed by atoms with van der Waals surface area (Å²) >= 11 is 1.45. The Bertz CT molecular complexity index is 491. The Hall–Kier alpha value is -1.76. The molecule has 2 atom stereocenters. The van der Waals surface area contributed by atoms with Gasteiger partial charge in [-0.05, 0) is 26.0 Å². The van der Waals surface area contributed by atoms with E-state index in [9.17, 15) is 9.59 Å². The first kappa shape index (κ1) is 13.7. The molecule has 0 radical (unpaired) electrons. The first-order chi connectivity index (χ1) is 8.99. The van der Waals surface area contributed by atoms with Crippen molar-refractivity contribution in [3.8, 4) is 0 Å². The lowest BCUT2D eigenvalue weighted by Gasteiger charge is -2.25. The molecule has 2 N–H and O–H groups in total. The van der Waals surface area contributed by atoms with E-state index in [-0.39, 0.29) is 5.37 Å². The fourth-order valence-electron chi connectivity index (χ4n) is 1.87. The molecule has 0 bridgehead atoms. The average molecular weight is 281 g/mol. The van der Waals surface area contributed by atoms with Gasteiger partial charge in [0, 0.05) is 11.4 Å². The molecule has 1 saturated heterocycles. The summed E-state index contributed by atoms with van der Waals surface area (Å²) in [4.78, 5) is 28.7. The topological polar surface area (TPSA) is 82.5 Å². The number of aromatic nitrogens is 1. The summed E-state index contributed by atoms with van der Waals surface area (Å²) in [6, 6.07) is 2.34. The van der Waals surface area contributed by atoms with Crippen LogP contribution in [-0.4, -0.2) is 44.2 Å². The van der Waals surface area contributed by atoms with Gasteiger partial charge in [-0.15, -0.1) is 11.8 Å². The molecule has 7 heteroatoms. The van der Waals surface area contributed by atoms with Gasteiger partial charge in [-0.25, -0.2) is 9.59 Å². The Labute approximate surface area is 115 Å². The monoisotopic (exact) mass is 281 g/mol. The highest BCUT2D eigenvalue weighted by Crippen LogP contribution is 2.29. The first-order valence-electron chi connectivity index (χ1n) is 5.85. The number of urea groups is 1. The zero-order chi connectivity index (χ0) is 14.0. The van der Waals surface area contributed by atoms with E-state index in [2.05, 4.69) is 10.3 Å². The molecule has 2 heterocycles. The molecule has 2 rings (SSSR count). The van der Waals surface area contributed by atoms with Crippen LogP contribution >= 0.6 is 11.8 Å². The Balaban J connectivity index is 2.10. The number of carboxylic acid groups (broad SMARTS) is 1. The number of amides is 2. The van der Waals surface area contributed by atoms with Crippen LogP contribution in [0.1, 0.15) is 12.6 Å². The standard InChI is InChI=1S/C12H15N3O3S/c1-7-3-4-9(5-13-7)14-12(18)15-8(2)19-6-10(15)11(16)17/h3-5,8,10H,6H2,1-2H3,(H,14,18)(H,16,17). The van der Waals surface area contributed by atoms with E-state index >= 15 is 0 Å². The van der Waals surface area contributed by atoms with Gasteiger partial charge in [0.1, 0.15) is 6.04 Å². The number of carboxylic acids is 1. The van der Waals surface area contributed by atoms with Gasteiger partial charge in [-0.1, -0.05) is 0 Å². The highest BCUT2D eigenvalue weighted by Gasteiger charge is 2.39. The minimum atomic E-state index is -0.978. The Morgan fingerprint density at radius 3 is 2.84 bits per heavy atom. The van der Waals surface area contributed by atoms with E-state index in [1.807, 2.05) is 13.8 Å². The normalized spacial score (nSPS) is 22.3. The summed E-state index contributed by atoms with van der Waals surface area (Å²) in [5.41, 5.74) is 1.41. The van der Waals surface area contributed by atoms with Crippen molar-refractivity contribution in [2.75, 3.05) is 11.1 Å². The van der Waals surface area contributed by atoms with Crippen LogP contribution in [0.4, 0.5) is 10.5 Å². The van der Waals surface area contributed by atoms with Crippen LogP contribution in [0.2, 0.25) is 0 Å². The number of anilines is 1. The van der Waals surface area contributed by atoms with Crippen molar-refractivity contribution >= 4 is 29.4 Å². The third-order valence-electron chi connectivity index (χ3n) is 2.91. The molecule has 1 fully saturated rings. The predicted molar refractivity (Wildman–Crippen MR) is 73.2 cm³/mol. The second-order valence-electron chi connectivity index (χ2n) is 4.31. The fraction of sp³-hybridized carbons (Fsp3) is 0.417. The molecule has 102 valence electrons. The molecule has 0 aromatic carbocycles. The minimum absolute atomic E-state index is 0.153. The summed E-state index contributed by atoms with van der Waals surface area (Å²) < 4.78 is 0. The van der Waals surface area contributed by atoms with E-state index in [0.717, 1.165) is 5.69 Å². The molecule has 1 aromatic heterocycles. The van der Waals surface area contributed by atoms with Gasteiger partial charge >= 0.3 is 12.0 Å². The molecule has 2 unspecified atom stereocenters. The number of carbonyl (C=O) groups is 2. The van der Waals surface area contributed by atoms with Crippen LogP contribution in [0, 0.1) is 6.92 Å². The number of pyridine rings is 1. The smallest absolute Gasteiger partial charge is 0.327 e. The van der Waals surface area contributed by atoms with E-state index in [1.54, 1.807) is 18.3 Å². The second-order valence-corrected chi connectivity index (χ2v) is 5.66. The number of nitrogens with zero attached hydrogens (tertiary/aromatic N) is 2. The third kappa shape index (κ3) is 2.98. The van der Waals surface area contributed by atoms with Crippen LogP contribution in [0.25, 0.3) is 0 Å². The molecule has 1 aliphatic heterocycles. The molecule has 1 aromatic rings. The van der Waals surface area contributed by atoms with Crippen molar-refractivity contribution < 1.29 is 14.7 Å². The van der Waals surface area contributed by atoms with Crippen LogP contribution in [0.15, 0.2) is 18.3 Å². The highest BCUT2D eigenvalue weighted by molar-refractivity contribution is 8.00. The predicted octanol–water partition coefficient (Wildman–Crippen LogP) is 1.77. The van der Waals surface area contributed by atoms with Gasteiger partial charge in [0.2, 0.25) is 0 Å². The van der Waals surface area contributed by atoms with Crippen molar-refractivity contribution in [3.63, 3.8) is 0 Å². The van der Waals surface area contributed by atoms with Crippen LogP contribution in [0.3, 0.4) is 0 Å². The van der Waals surface area contributed by atoms with E-state index in [4.69, 9.17) is 5.11 Å². The van der Waals surface area contributed by atoms with E-state index in [0.29, 0.717) is 11.4 Å². The van der Waals surface area contributed by atoms with E-state index < -0.39 is 18.0 Å². The number of nitrogens with one attached hydrogen (secondary N) is 1. The maximum Gasteiger partial charge on any atom is 0.327 e. The van der Waals surface area contributed by atoms with Gasteiger partial charge in [0.15, 0.2) is 0 Å². The SMILES string of the molecule is Cc1ccc(NC(=O)N2C(C)SCC2C(=O)O)cn1. The summed E-state index contributed by atoms with van der Waals surface area (Å²) in [6.45, 7) is 3.67. The van der Waals surface area contributed by atoms with Gasteiger partial charge in [-0.3, -0.25) is 9.88 Å². The molecule has 19 heavy (non-hydrogen) atoms. The van der Waals surface area contributed by atoms with Crippen LogP contribution in [-0.2, 0) is 4.79 Å². The van der Waals surface area contributed by atoms with Crippen molar-refractivity contribution in [2.45, 2.75) is 25.3 Å². The summed E-state index contributed by atoms with van der Waals surface area (Å²) in [7, 11) is 0. The first-order valence-corrected chi connectivity index (χ1v) is 6.90. The van der Waals surface area contributed by atoms with E-state index in [1.165, 1.54) is 16.7 Å². The average Bonchev–Trinajstić information content (AvgIpc) is 2.74. The lowest BCUT2D eigenvalue weighted by molar-refractivity contribution is -0.141. The van der Waals surface area contributed by atoms with Crippen molar-refractivity contribution in [1.29, 1.82) is 0 Å². The number of aliphatic carboxylic acids is 1. The van der Waals surface area contributed by atoms with Gasteiger partial charge in [0.05, 0.1) is 17.3 Å². The summed E-state index contributed by atoms with van der Waals surface area (Å²) in [6.07, 6.45) is 1.55. The largest absolute Gasteiger partial charge is 0.480 e. The molecule has 1 aliphatic rings. The molecule has 0 aliphatic carbocycles. The minimum Gasteiger partial charge on any atom is -0.480 e. The van der Waals surface area contributed by atoms with Crippen LogP contribution < -0.4 is 5.32 Å². The maximum absolute atomic E-state index is 12.1. The van der Waals surface area contributed by atoms with Crippen molar-refractivity contribution in [1.82, 2.24) is 9.88 Å². The molecule has 6 nitrogen and oxygen atoms in total. The van der Waals surface area contributed by atoms with Gasteiger partial charge in [0.25, 0.3) is 0 Å².